The van der Waals surface area contributed by atoms with Crippen LogP contribution in [0.5, 0.6) is 0 Å². The number of nitrogens with one attached hydrogen (secondary N) is 2. The molecule has 0 saturated heterocycles. The van der Waals surface area contributed by atoms with Crippen molar-refractivity contribution < 1.29 is 24.6 Å². The van der Waals surface area contributed by atoms with Crippen molar-refractivity contribution in [2.24, 2.45) is 23.5 Å². The first-order chi connectivity index (χ1) is 10.9. The number of aliphatic carboxylic acids is 2. The summed E-state index contributed by atoms with van der Waals surface area (Å²) >= 11 is 1.24. The lowest BCUT2D eigenvalue weighted by Gasteiger charge is -2.29. The third-order valence-corrected chi connectivity index (χ3v) is 5.68. The number of carboxylic acids is 2. The third kappa shape index (κ3) is 2.45. The number of amides is 1. The average Bonchev–Trinajstić information content (AvgIpc) is 2.91. The number of rotatable bonds is 6. The average molecular weight is 341 g/mol. The number of hydrogen-bond donors (Lipinski definition) is 5. The number of aromatic amines is 1. The van der Waals surface area contributed by atoms with E-state index in [0.717, 1.165) is 0 Å². The molecule has 1 aromatic heterocycles. The van der Waals surface area contributed by atoms with E-state index in [4.69, 9.17) is 5.73 Å². The van der Waals surface area contributed by atoms with Gasteiger partial charge in [0.25, 0.3) is 0 Å². The minimum absolute atomic E-state index is 0.110. The molecule has 0 aromatic carbocycles. The Morgan fingerprint density at radius 1 is 1.48 bits per heavy atom. The first kappa shape index (κ1) is 15.7. The largest absolute Gasteiger partial charge is 0.481 e. The normalized spacial score (nSPS) is 34.7. The molecule has 2 saturated carbocycles. The van der Waals surface area contributed by atoms with Crippen LogP contribution in [-0.4, -0.2) is 60.6 Å². The highest BCUT2D eigenvalue weighted by atomic mass is 32.2. The molecule has 0 radical (unpaired) electrons. The van der Waals surface area contributed by atoms with Crippen LogP contribution >= 0.6 is 11.8 Å². The standard InChI is InChI=1S/C12H15N5O5S/c13-2-5(18)16-12(10(21)22)1-4(23-11-14-3-15-17-11)6-7(8(6)12)9(19)20/h3-4,6-8H,1-2,13H2,(H,16,18)(H,19,20)(H,21,22)(H,14,15,17)/t4-,6?,7?,8?,12?/m1/s1. The van der Waals surface area contributed by atoms with Gasteiger partial charge in [0.05, 0.1) is 12.5 Å². The van der Waals surface area contributed by atoms with Crippen molar-refractivity contribution in [1.82, 2.24) is 20.5 Å². The fourth-order valence-corrected chi connectivity index (χ4v) is 4.92. The Morgan fingerprint density at radius 3 is 2.74 bits per heavy atom. The summed E-state index contributed by atoms with van der Waals surface area (Å²) in [5, 5.41) is 29.1. The number of carbonyl (C=O) groups is 3. The Kier molecular flexibility index (Phi) is 3.76. The Labute approximate surface area is 134 Å². The summed E-state index contributed by atoms with van der Waals surface area (Å²) in [6, 6.07) is 0. The Bertz CT molecular complexity index is 652. The van der Waals surface area contributed by atoms with Crippen LogP contribution in [0.15, 0.2) is 11.5 Å². The molecule has 23 heavy (non-hydrogen) atoms. The van der Waals surface area contributed by atoms with Gasteiger partial charge in [0.2, 0.25) is 5.91 Å². The van der Waals surface area contributed by atoms with Gasteiger partial charge >= 0.3 is 11.9 Å². The predicted molar refractivity (Wildman–Crippen MR) is 76.3 cm³/mol. The van der Waals surface area contributed by atoms with Gasteiger partial charge in [-0.05, 0) is 12.3 Å². The van der Waals surface area contributed by atoms with Crippen LogP contribution in [0.4, 0.5) is 0 Å². The number of carbonyl (C=O) groups excluding carboxylic acids is 1. The summed E-state index contributed by atoms with van der Waals surface area (Å²) < 4.78 is 0. The molecule has 4 unspecified atom stereocenters. The lowest BCUT2D eigenvalue weighted by Crippen LogP contribution is -2.57. The molecule has 11 heteroatoms. The number of nitrogens with zero attached hydrogens (tertiary/aromatic N) is 2. The van der Waals surface area contributed by atoms with Gasteiger partial charge in [-0.15, -0.1) is 10.2 Å². The van der Waals surface area contributed by atoms with E-state index < -0.39 is 35.2 Å². The summed E-state index contributed by atoms with van der Waals surface area (Å²) in [6.45, 7) is -0.357. The van der Waals surface area contributed by atoms with Crippen molar-refractivity contribution in [2.45, 2.75) is 22.4 Å². The molecule has 124 valence electrons. The molecule has 0 bridgehead atoms. The summed E-state index contributed by atoms with van der Waals surface area (Å²) in [4.78, 5) is 37.7. The van der Waals surface area contributed by atoms with E-state index in [1.165, 1.54) is 18.1 Å². The zero-order chi connectivity index (χ0) is 16.8. The minimum atomic E-state index is -1.61. The van der Waals surface area contributed by atoms with Crippen molar-refractivity contribution in [2.75, 3.05) is 6.54 Å². The molecule has 1 aromatic rings. The number of fused-ring (bicyclic) bond motifs is 1. The molecule has 10 nitrogen and oxygen atoms in total. The van der Waals surface area contributed by atoms with Crippen LogP contribution in [0.25, 0.3) is 0 Å². The molecule has 0 spiro atoms. The number of hydrogen-bond acceptors (Lipinski definition) is 7. The van der Waals surface area contributed by atoms with Crippen LogP contribution in [0.1, 0.15) is 6.42 Å². The van der Waals surface area contributed by atoms with Gasteiger partial charge in [0, 0.05) is 11.2 Å². The summed E-state index contributed by atoms with van der Waals surface area (Å²) in [5.74, 6) is -4.73. The number of carboxylic acid groups (broad SMARTS) is 2. The molecular formula is C12H15N5O5S. The molecular weight excluding hydrogens is 326 g/mol. The third-order valence-electron chi connectivity index (χ3n) is 4.47. The second-order valence-corrected chi connectivity index (χ2v) is 6.88. The molecule has 6 N–H and O–H groups in total. The van der Waals surface area contributed by atoms with Crippen molar-refractivity contribution in [3.63, 3.8) is 0 Å². The van der Waals surface area contributed by atoms with Crippen LogP contribution < -0.4 is 11.1 Å². The van der Waals surface area contributed by atoms with E-state index in [2.05, 4.69) is 20.5 Å². The lowest BCUT2D eigenvalue weighted by molar-refractivity contribution is -0.149. The van der Waals surface area contributed by atoms with E-state index in [-0.39, 0.29) is 24.1 Å². The fourth-order valence-electron chi connectivity index (χ4n) is 3.57. The Hall–Kier alpha value is -2.14. The van der Waals surface area contributed by atoms with E-state index in [9.17, 15) is 24.6 Å². The second kappa shape index (κ2) is 5.49. The molecule has 5 atom stereocenters. The van der Waals surface area contributed by atoms with Gasteiger partial charge in [-0.3, -0.25) is 9.59 Å². The van der Waals surface area contributed by atoms with Gasteiger partial charge in [0.1, 0.15) is 11.9 Å². The quantitative estimate of drug-likeness (QED) is 0.413. The Balaban J connectivity index is 1.89. The van der Waals surface area contributed by atoms with E-state index in [1.54, 1.807) is 0 Å². The molecule has 1 amide bonds. The van der Waals surface area contributed by atoms with Crippen LogP contribution in [0, 0.1) is 17.8 Å². The zero-order valence-electron chi connectivity index (χ0n) is 11.8. The minimum Gasteiger partial charge on any atom is -0.481 e. The molecule has 0 aliphatic heterocycles. The highest BCUT2D eigenvalue weighted by Gasteiger charge is 2.75. The van der Waals surface area contributed by atoms with E-state index >= 15 is 0 Å². The number of thioether (sulfide) groups is 1. The highest BCUT2D eigenvalue weighted by molar-refractivity contribution is 7.99. The van der Waals surface area contributed by atoms with Gasteiger partial charge < -0.3 is 26.2 Å². The SMILES string of the molecule is NCC(=O)NC1(C(=O)O)C[C@@H](Sc2nnc[nH]2)C2C(C(=O)O)C21. The van der Waals surface area contributed by atoms with Crippen molar-refractivity contribution in [1.29, 1.82) is 0 Å². The summed E-state index contributed by atoms with van der Waals surface area (Å²) in [6.07, 6.45) is 1.50. The van der Waals surface area contributed by atoms with Crippen LogP contribution in [-0.2, 0) is 14.4 Å². The second-order valence-electron chi connectivity index (χ2n) is 5.65. The van der Waals surface area contributed by atoms with Gasteiger partial charge in [-0.25, -0.2) is 4.79 Å². The molecule has 3 rings (SSSR count). The molecule has 2 aliphatic carbocycles. The van der Waals surface area contributed by atoms with E-state index in [1.807, 2.05) is 0 Å². The predicted octanol–water partition coefficient (Wildman–Crippen LogP) is -1.49. The number of aromatic nitrogens is 3. The summed E-state index contributed by atoms with van der Waals surface area (Å²) in [7, 11) is 0. The Morgan fingerprint density at radius 2 is 2.22 bits per heavy atom. The highest BCUT2D eigenvalue weighted by Crippen LogP contribution is 2.65. The number of H-pyrrole nitrogens is 1. The maximum Gasteiger partial charge on any atom is 0.329 e. The van der Waals surface area contributed by atoms with E-state index in [0.29, 0.717) is 5.16 Å². The fraction of sp³-hybridized carbons (Fsp3) is 0.583. The molecule has 2 fully saturated rings. The van der Waals surface area contributed by atoms with Gasteiger partial charge in [0.15, 0.2) is 5.16 Å². The van der Waals surface area contributed by atoms with Crippen LogP contribution in [0.3, 0.4) is 0 Å². The molecule has 1 heterocycles. The lowest BCUT2D eigenvalue weighted by atomic mass is 9.90. The van der Waals surface area contributed by atoms with Gasteiger partial charge in [-0.2, -0.15) is 0 Å². The monoisotopic (exact) mass is 341 g/mol. The molecule has 2 aliphatic rings. The topological polar surface area (TPSA) is 171 Å². The maximum atomic E-state index is 11.8. The zero-order valence-corrected chi connectivity index (χ0v) is 12.6. The van der Waals surface area contributed by atoms with Crippen molar-refractivity contribution in [3.8, 4) is 0 Å². The van der Waals surface area contributed by atoms with Crippen molar-refractivity contribution >= 4 is 29.6 Å². The smallest absolute Gasteiger partial charge is 0.329 e. The first-order valence-corrected chi connectivity index (χ1v) is 7.78. The first-order valence-electron chi connectivity index (χ1n) is 6.90. The number of nitrogens with two attached hydrogens (primary N) is 1. The maximum absolute atomic E-state index is 11.8. The summed E-state index contributed by atoms with van der Waals surface area (Å²) in [5.41, 5.74) is 3.65. The van der Waals surface area contributed by atoms with Crippen molar-refractivity contribution in [3.05, 3.63) is 6.33 Å². The van der Waals surface area contributed by atoms with Crippen LogP contribution in [0.2, 0.25) is 0 Å². The van der Waals surface area contributed by atoms with Gasteiger partial charge in [-0.1, -0.05) is 11.8 Å².